The monoisotopic (exact) mass is 450 g/mol. The Morgan fingerprint density at radius 1 is 1.00 bits per heavy atom. The number of hydrogen-bond donors (Lipinski definition) is 1. The fourth-order valence-corrected chi connectivity index (χ4v) is 5.32. The zero-order chi connectivity index (χ0) is 21.8. The highest BCUT2D eigenvalue weighted by atomic mass is 32.2. The molecule has 0 saturated carbocycles. The van der Waals surface area contributed by atoms with E-state index in [1.54, 1.807) is 49.3 Å². The summed E-state index contributed by atoms with van der Waals surface area (Å²) >= 11 is 1.64. The second-order valence-electron chi connectivity index (χ2n) is 7.00. The summed E-state index contributed by atoms with van der Waals surface area (Å²) in [4.78, 5) is 4.26. The molecule has 0 radical (unpaired) electrons. The molecule has 0 aliphatic carbocycles. The summed E-state index contributed by atoms with van der Waals surface area (Å²) in [6.45, 7) is 4.03. The zero-order valence-electron chi connectivity index (χ0n) is 17.2. The van der Waals surface area contributed by atoms with Crippen LogP contribution in [-0.4, -0.2) is 29.4 Å². The Morgan fingerprint density at radius 3 is 2.55 bits per heavy atom. The van der Waals surface area contributed by atoms with Crippen molar-refractivity contribution in [2.75, 3.05) is 5.75 Å². The average molecular weight is 451 g/mol. The first kappa shape index (κ1) is 21.4. The number of aromatic nitrogens is 3. The lowest BCUT2D eigenvalue weighted by Gasteiger charge is -2.13. The van der Waals surface area contributed by atoms with Gasteiger partial charge in [0.2, 0.25) is 10.0 Å². The molecule has 0 aliphatic rings. The van der Waals surface area contributed by atoms with E-state index in [-0.39, 0.29) is 11.4 Å². The number of nitrogens with zero attached hydrogens (tertiary/aromatic N) is 3. The van der Waals surface area contributed by atoms with E-state index in [4.69, 9.17) is 0 Å². The van der Waals surface area contributed by atoms with Crippen LogP contribution in [0.5, 0.6) is 0 Å². The first-order chi connectivity index (χ1) is 15.0. The smallest absolute Gasteiger partial charge is 0.241 e. The SMILES string of the molecule is CCSc1nnc(-c2ccc(C)c(S(=O)(=O)NCc3cccnc3)c2)c2ccccc12. The molecule has 0 spiro atoms. The van der Waals surface area contributed by atoms with Crippen molar-refractivity contribution >= 4 is 32.6 Å². The number of fused-ring (bicyclic) bond motifs is 1. The van der Waals surface area contributed by atoms with Gasteiger partial charge in [0.1, 0.15) is 10.7 Å². The quantitative estimate of drug-likeness (QED) is 0.415. The number of rotatable bonds is 7. The number of nitrogens with one attached hydrogen (secondary N) is 1. The maximum absolute atomic E-state index is 13.0. The minimum absolute atomic E-state index is 0.172. The molecule has 0 bridgehead atoms. The van der Waals surface area contributed by atoms with Gasteiger partial charge in [0.05, 0.1) is 4.90 Å². The van der Waals surface area contributed by atoms with Crippen LogP contribution in [-0.2, 0) is 16.6 Å². The van der Waals surface area contributed by atoms with Gasteiger partial charge in [0.25, 0.3) is 0 Å². The second-order valence-corrected chi connectivity index (χ2v) is 9.99. The molecule has 8 heteroatoms. The fraction of sp³-hybridized carbons (Fsp3) is 0.174. The lowest BCUT2D eigenvalue weighted by molar-refractivity contribution is 0.580. The largest absolute Gasteiger partial charge is 0.264 e. The van der Waals surface area contributed by atoms with Gasteiger partial charge in [-0.1, -0.05) is 49.4 Å². The summed E-state index contributed by atoms with van der Waals surface area (Å²) < 4.78 is 28.8. The molecule has 4 aromatic rings. The lowest BCUT2D eigenvalue weighted by Crippen LogP contribution is -2.24. The summed E-state index contributed by atoms with van der Waals surface area (Å²) in [6.07, 6.45) is 3.30. The molecule has 6 nitrogen and oxygen atoms in total. The molecule has 31 heavy (non-hydrogen) atoms. The van der Waals surface area contributed by atoms with Crippen molar-refractivity contribution in [1.29, 1.82) is 0 Å². The van der Waals surface area contributed by atoms with E-state index in [1.807, 2.05) is 36.4 Å². The number of thioether (sulfide) groups is 1. The Labute approximate surface area is 186 Å². The molecule has 2 aromatic heterocycles. The first-order valence-electron chi connectivity index (χ1n) is 9.87. The van der Waals surface area contributed by atoms with Crippen LogP contribution in [0.3, 0.4) is 0 Å². The zero-order valence-corrected chi connectivity index (χ0v) is 18.9. The molecular formula is C23H22N4O2S2. The van der Waals surface area contributed by atoms with Gasteiger partial charge in [0, 0.05) is 35.3 Å². The molecule has 2 aromatic carbocycles. The predicted molar refractivity (Wildman–Crippen MR) is 124 cm³/mol. The molecule has 1 N–H and O–H groups in total. The highest BCUT2D eigenvalue weighted by Gasteiger charge is 2.19. The number of sulfonamides is 1. The number of pyridine rings is 1. The van der Waals surface area contributed by atoms with Crippen LogP contribution in [0, 0.1) is 6.92 Å². The molecule has 0 amide bonds. The summed E-state index contributed by atoms with van der Waals surface area (Å²) in [5, 5.41) is 11.7. The van der Waals surface area contributed by atoms with Gasteiger partial charge in [-0.3, -0.25) is 4.98 Å². The number of hydrogen-bond acceptors (Lipinski definition) is 6. The van der Waals surface area contributed by atoms with Gasteiger partial charge < -0.3 is 0 Å². The molecule has 0 saturated heterocycles. The third kappa shape index (κ3) is 4.61. The minimum Gasteiger partial charge on any atom is -0.264 e. The fourth-order valence-electron chi connectivity index (χ4n) is 3.33. The van der Waals surface area contributed by atoms with E-state index in [2.05, 4.69) is 26.8 Å². The second kappa shape index (κ2) is 9.13. The summed E-state index contributed by atoms with van der Waals surface area (Å²) in [5.41, 5.74) is 2.84. The van der Waals surface area contributed by atoms with Crippen LogP contribution < -0.4 is 4.72 Å². The van der Waals surface area contributed by atoms with Crippen molar-refractivity contribution in [2.24, 2.45) is 0 Å². The topological polar surface area (TPSA) is 84.8 Å². The van der Waals surface area contributed by atoms with Crippen LogP contribution in [0.2, 0.25) is 0 Å². The molecule has 0 aliphatic heterocycles. The van der Waals surface area contributed by atoms with Crippen molar-refractivity contribution < 1.29 is 8.42 Å². The Kier molecular flexibility index (Phi) is 6.31. The molecule has 2 heterocycles. The third-order valence-electron chi connectivity index (χ3n) is 4.87. The Morgan fingerprint density at radius 2 is 1.81 bits per heavy atom. The molecule has 0 atom stereocenters. The van der Waals surface area contributed by atoms with E-state index in [9.17, 15) is 8.42 Å². The third-order valence-corrected chi connectivity index (χ3v) is 7.28. The van der Waals surface area contributed by atoms with Crippen LogP contribution in [0.15, 0.2) is 76.9 Å². The minimum atomic E-state index is -3.72. The van der Waals surface area contributed by atoms with Crippen molar-refractivity contribution in [3.05, 3.63) is 78.1 Å². The summed E-state index contributed by atoms with van der Waals surface area (Å²) in [5.74, 6) is 0.896. The van der Waals surface area contributed by atoms with Crippen LogP contribution in [0.4, 0.5) is 0 Å². The van der Waals surface area contributed by atoms with Crippen LogP contribution >= 0.6 is 11.8 Å². The van der Waals surface area contributed by atoms with E-state index in [1.165, 1.54) is 0 Å². The maximum atomic E-state index is 13.0. The molecule has 0 unspecified atom stereocenters. The van der Waals surface area contributed by atoms with Gasteiger partial charge in [-0.25, -0.2) is 13.1 Å². The lowest BCUT2D eigenvalue weighted by atomic mass is 10.0. The van der Waals surface area contributed by atoms with E-state index >= 15 is 0 Å². The molecule has 158 valence electrons. The predicted octanol–water partition coefficient (Wildman–Crippen LogP) is 4.59. The number of aryl methyl sites for hydroxylation is 1. The molecular weight excluding hydrogens is 428 g/mol. The van der Waals surface area contributed by atoms with Crippen molar-refractivity contribution in [3.63, 3.8) is 0 Å². The van der Waals surface area contributed by atoms with E-state index < -0.39 is 10.0 Å². The van der Waals surface area contributed by atoms with Gasteiger partial charge in [-0.15, -0.1) is 22.0 Å². The number of benzene rings is 2. The first-order valence-corrected chi connectivity index (χ1v) is 12.3. The normalized spacial score (nSPS) is 11.7. The molecule has 0 fully saturated rings. The Bertz CT molecular complexity index is 1330. The summed E-state index contributed by atoms with van der Waals surface area (Å²) in [6, 6.07) is 16.9. The van der Waals surface area contributed by atoms with Crippen molar-refractivity contribution in [3.8, 4) is 11.3 Å². The Balaban J connectivity index is 1.74. The average Bonchev–Trinajstić information content (AvgIpc) is 2.79. The van der Waals surface area contributed by atoms with Gasteiger partial charge in [-0.2, -0.15) is 0 Å². The van der Waals surface area contributed by atoms with Crippen molar-refractivity contribution in [2.45, 2.75) is 30.3 Å². The van der Waals surface area contributed by atoms with E-state index in [0.717, 1.165) is 27.1 Å². The van der Waals surface area contributed by atoms with Gasteiger partial charge >= 0.3 is 0 Å². The van der Waals surface area contributed by atoms with Crippen molar-refractivity contribution in [1.82, 2.24) is 19.9 Å². The maximum Gasteiger partial charge on any atom is 0.241 e. The summed E-state index contributed by atoms with van der Waals surface area (Å²) in [7, 11) is -3.72. The van der Waals surface area contributed by atoms with Crippen LogP contribution in [0.1, 0.15) is 18.1 Å². The van der Waals surface area contributed by atoms with Gasteiger partial charge in [-0.05, 0) is 35.9 Å². The Hall–Kier alpha value is -2.81. The van der Waals surface area contributed by atoms with E-state index in [0.29, 0.717) is 16.8 Å². The standard InChI is InChI=1S/C23H22N4O2S2/c1-3-30-23-20-9-5-4-8-19(20)22(26-27-23)18-11-10-16(2)21(13-18)31(28,29)25-15-17-7-6-12-24-14-17/h4-14,25H,3,15H2,1-2H3. The highest BCUT2D eigenvalue weighted by Crippen LogP contribution is 2.33. The van der Waals surface area contributed by atoms with Crippen LogP contribution in [0.25, 0.3) is 22.0 Å². The molecule has 4 rings (SSSR count). The van der Waals surface area contributed by atoms with Gasteiger partial charge in [0.15, 0.2) is 0 Å². The highest BCUT2D eigenvalue weighted by molar-refractivity contribution is 7.99.